The van der Waals surface area contributed by atoms with E-state index in [9.17, 15) is 23.1 Å². The van der Waals surface area contributed by atoms with Gasteiger partial charge in [-0.2, -0.15) is 11.8 Å². The van der Waals surface area contributed by atoms with E-state index in [4.69, 9.17) is 4.74 Å². The van der Waals surface area contributed by atoms with Crippen LogP contribution in [0, 0.1) is 62.1 Å². The summed E-state index contributed by atoms with van der Waals surface area (Å²) in [6.45, 7) is 20.8. The van der Waals surface area contributed by atoms with Crippen LogP contribution < -0.4 is 5.32 Å². The second-order valence-electron chi connectivity index (χ2n) is 22.0. The smallest absolute Gasteiger partial charge is 0.309 e. The first-order valence-corrected chi connectivity index (χ1v) is 24.9. The monoisotopic (exact) mass is 790 g/mol. The van der Waals surface area contributed by atoms with Crippen LogP contribution in [0.25, 0.3) is 0 Å². The molecule has 0 spiro atoms. The molecule has 1 saturated heterocycles. The molecule has 308 valence electrons. The molecule has 1 aliphatic heterocycles. The van der Waals surface area contributed by atoms with Gasteiger partial charge in [-0.05, 0) is 148 Å². The summed E-state index contributed by atoms with van der Waals surface area (Å²) in [7, 11) is -2.91. The molecule has 11 atom stereocenters. The minimum atomic E-state index is -2.91. The van der Waals surface area contributed by atoms with Crippen LogP contribution >= 0.6 is 11.8 Å². The Labute approximate surface area is 332 Å². The van der Waals surface area contributed by atoms with Crippen LogP contribution in [0.1, 0.15) is 139 Å². The fraction of sp³-hybridized carbons (Fsp3) is 0.955. The molecule has 8 nitrogen and oxygen atoms in total. The van der Waals surface area contributed by atoms with Crippen LogP contribution in [0.5, 0.6) is 0 Å². The number of carboxylic acids is 1. The first kappa shape index (κ1) is 41.3. The Hall–Kier alpha value is -0.840. The van der Waals surface area contributed by atoms with Gasteiger partial charge in [0.2, 0.25) is 0 Å². The van der Waals surface area contributed by atoms with Crippen molar-refractivity contribution in [3.8, 4) is 0 Å². The van der Waals surface area contributed by atoms with E-state index in [0.717, 1.165) is 37.5 Å². The van der Waals surface area contributed by atoms with Crippen LogP contribution in [-0.4, -0.2) is 91.2 Å². The van der Waals surface area contributed by atoms with Crippen molar-refractivity contribution in [2.75, 3.05) is 43.1 Å². The zero-order valence-corrected chi connectivity index (χ0v) is 36.9. The summed E-state index contributed by atoms with van der Waals surface area (Å²) in [6, 6.07) is 0.360. The van der Waals surface area contributed by atoms with E-state index in [2.05, 4.69) is 58.0 Å². The van der Waals surface area contributed by atoms with Crippen molar-refractivity contribution in [2.45, 2.75) is 157 Å². The maximum Gasteiger partial charge on any atom is 0.309 e. The number of nitrogens with one attached hydrogen (secondary N) is 1. The Balaban J connectivity index is 1.12. The van der Waals surface area contributed by atoms with Crippen molar-refractivity contribution in [3.63, 3.8) is 0 Å². The number of rotatable bonds is 11. The molecule has 7 aliphatic rings. The molecule has 0 aromatic carbocycles. The van der Waals surface area contributed by atoms with E-state index < -0.39 is 21.2 Å². The number of hydrogen-bond donors (Lipinski definition) is 2. The van der Waals surface area contributed by atoms with Crippen molar-refractivity contribution < 1.29 is 27.9 Å². The van der Waals surface area contributed by atoms with Crippen molar-refractivity contribution in [1.29, 1.82) is 0 Å². The summed E-state index contributed by atoms with van der Waals surface area (Å²) >= 11 is 1.89. The van der Waals surface area contributed by atoms with Crippen molar-refractivity contribution >= 4 is 33.5 Å². The van der Waals surface area contributed by atoms with Crippen LogP contribution in [0.2, 0.25) is 0 Å². The summed E-state index contributed by atoms with van der Waals surface area (Å²) in [6.07, 6.45) is 16.7. The summed E-state index contributed by atoms with van der Waals surface area (Å²) in [4.78, 5) is 27.4. The number of esters is 1. The van der Waals surface area contributed by atoms with Gasteiger partial charge in [-0.25, -0.2) is 8.42 Å². The third kappa shape index (κ3) is 6.65. The highest BCUT2D eigenvalue weighted by Gasteiger charge is 2.72. The Morgan fingerprint density at radius 2 is 1.54 bits per heavy atom. The Morgan fingerprint density at radius 3 is 2.17 bits per heavy atom. The van der Waals surface area contributed by atoms with E-state index in [1.165, 1.54) is 57.8 Å². The van der Waals surface area contributed by atoms with Gasteiger partial charge in [0.05, 0.1) is 23.3 Å². The average Bonchev–Trinajstić information content (AvgIpc) is 3.70. The molecule has 1 heterocycles. The maximum absolute atomic E-state index is 13.2. The zero-order chi connectivity index (χ0) is 39.3. The summed E-state index contributed by atoms with van der Waals surface area (Å²) in [5.41, 5.74) is 0.0207. The van der Waals surface area contributed by atoms with Gasteiger partial charge in [0.1, 0.15) is 6.10 Å². The fourth-order valence-electron chi connectivity index (χ4n) is 15.0. The quantitative estimate of drug-likeness (QED) is 0.201. The van der Waals surface area contributed by atoms with Gasteiger partial charge in [-0.3, -0.25) is 14.5 Å². The molecule has 6 aliphatic carbocycles. The minimum Gasteiger partial charge on any atom is -0.481 e. The zero-order valence-electron chi connectivity index (χ0n) is 35.2. The molecule has 10 heteroatoms. The van der Waals surface area contributed by atoms with Gasteiger partial charge in [-0.15, -0.1) is 0 Å². The lowest BCUT2D eigenvalue weighted by molar-refractivity contribution is -0.248. The molecular formula is C44H74N2O6S2. The Bertz CT molecular complexity index is 1560. The number of ether oxygens (including phenoxy) is 1. The van der Waals surface area contributed by atoms with Gasteiger partial charge in [0.15, 0.2) is 9.84 Å². The Morgan fingerprint density at radius 1 is 0.852 bits per heavy atom. The number of carbonyl (C=O) groups excluding carboxylic acids is 1. The van der Waals surface area contributed by atoms with Gasteiger partial charge >= 0.3 is 11.9 Å². The topological polar surface area (TPSA) is 113 Å². The summed E-state index contributed by atoms with van der Waals surface area (Å²) in [5.74, 6) is 3.52. The second-order valence-corrected chi connectivity index (χ2v) is 25.2. The van der Waals surface area contributed by atoms with Gasteiger partial charge in [0, 0.05) is 42.4 Å². The third-order valence-corrected chi connectivity index (χ3v) is 21.0. The number of hydrogen-bond acceptors (Lipinski definition) is 8. The minimum absolute atomic E-state index is 0.102. The SMILES string of the molecule is CSC[C@H](CN[C@]12CC[C@@H](C3(C)CC3)[C@@H]1[C@H]1CC[C@@H]3[C@@]4(C)CC[C@H](OC(=O)CC(C)(C)C(=O)O)C(C)(C)[C@@H]4CC[C@@]3(C)[C@]1(C)CC2)N1CCS(=O)(=O)CC1. The lowest BCUT2D eigenvalue weighted by atomic mass is 9.32. The molecule has 0 radical (unpaired) electrons. The standard InChI is InChI=1S/C44H74N2O6S2/c1-38(2,37(48)49)26-35(47)52-34-14-15-41(6)32(39(34,3)4)13-16-43(8)33(41)11-10-31-36-30(40(5)18-19-40)12-17-44(36,21-20-42(31,43)7)45-27-29(28-53-9)46-22-24-54(50,51)25-23-46/h29-34,36,45H,10-28H2,1-9H3,(H,48,49)/t29-,30+,31+,32-,33+,34-,36+,41-,42+,43+,44-/m0/s1. The lowest BCUT2D eigenvalue weighted by Gasteiger charge is -2.73. The first-order chi connectivity index (χ1) is 25.1. The predicted molar refractivity (Wildman–Crippen MR) is 218 cm³/mol. The number of thioether (sulfide) groups is 1. The molecule has 7 rings (SSSR count). The van der Waals surface area contributed by atoms with Gasteiger partial charge in [0.25, 0.3) is 0 Å². The van der Waals surface area contributed by atoms with Crippen LogP contribution in [0.4, 0.5) is 0 Å². The average molecular weight is 791 g/mol. The van der Waals surface area contributed by atoms with E-state index in [1.54, 1.807) is 13.8 Å². The molecule has 0 amide bonds. The second kappa shape index (κ2) is 13.9. The highest BCUT2D eigenvalue weighted by Crippen LogP contribution is 2.77. The van der Waals surface area contributed by atoms with Crippen LogP contribution in [-0.2, 0) is 24.2 Å². The van der Waals surface area contributed by atoms with Crippen molar-refractivity contribution in [2.24, 2.45) is 62.1 Å². The normalized spacial score (nSPS) is 44.2. The molecule has 54 heavy (non-hydrogen) atoms. The molecule has 7 fully saturated rings. The lowest BCUT2D eigenvalue weighted by Crippen LogP contribution is -2.69. The largest absolute Gasteiger partial charge is 0.481 e. The third-order valence-electron chi connectivity index (χ3n) is 18.7. The Kier molecular flexibility index (Phi) is 10.6. The number of aliphatic carboxylic acids is 1. The van der Waals surface area contributed by atoms with Crippen LogP contribution in [0.3, 0.4) is 0 Å². The summed E-state index contributed by atoms with van der Waals surface area (Å²) in [5, 5.41) is 14.0. The van der Waals surface area contributed by atoms with E-state index in [1.807, 2.05) is 11.8 Å². The van der Waals surface area contributed by atoms with E-state index in [0.29, 0.717) is 59.7 Å². The number of sulfone groups is 1. The van der Waals surface area contributed by atoms with E-state index in [-0.39, 0.29) is 45.7 Å². The first-order valence-electron chi connectivity index (χ1n) is 21.7. The van der Waals surface area contributed by atoms with Gasteiger partial charge in [-0.1, -0.05) is 41.5 Å². The number of carboxylic acid groups (broad SMARTS) is 1. The maximum atomic E-state index is 13.2. The highest BCUT2D eigenvalue weighted by atomic mass is 32.2. The molecule has 0 aromatic rings. The number of fused-ring (bicyclic) bond motifs is 7. The molecule has 0 unspecified atom stereocenters. The molecule has 2 N–H and O–H groups in total. The van der Waals surface area contributed by atoms with Gasteiger partial charge < -0.3 is 15.2 Å². The molecule has 0 aromatic heterocycles. The van der Waals surface area contributed by atoms with E-state index >= 15 is 0 Å². The van der Waals surface area contributed by atoms with Crippen molar-refractivity contribution in [3.05, 3.63) is 0 Å². The van der Waals surface area contributed by atoms with Crippen LogP contribution in [0.15, 0.2) is 0 Å². The summed E-state index contributed by atoms with van der Waals surface area (Å²) < 4.78 is 30.9. The molecule has 0 bridgehead atoms. The fourth-order valence-corrected chi connectivity index (χ4v) is 16.9. The number of carbonyl (C=O) groups is 2. The molecular weight excluding hydrogens is 717 g/mol. The van der Waals surface area contributed by atoms with Crippen molar-refractivity contribution in [1.82, 2.24) is 10.2 Å². The number of nitrogens with zero attached hydrogens (tertiary/aromatic N) is 1. The molecule has 6 saturated carbocycles. The highest BCUT2D eigenvalue weighted by molar-refractivity contribution is 7.98. The predicted octanol–water partition coefficient (Wildman–Crippen LogP) is 8.08.